The van der Waals surface area contributed by atoms with E-state index in [1.165, 1.54) is 18.6 Å². The number of anilines is 1. The van der Waals surface area contributed by atoms with E-state index in [1.54, 1.807) is 12.1 Å². The summed E-state index contributed by atoms with van der Waals surface area (Å²) in [5, 5.41) is 2.80. The minimum Gasteiger partial charge on any atom is -0.326 e. The van der Waals surface area contributed by atoms with Gasteiger partial charge in [0, 0.05) is 11.7 Å². The zero-order valence-electron chi connectivity index (χ0n) is 14.6. The summed E-state index contributed by atoms with van der Waals surface area (Å²) in [6.45, 7) is 0. The van der Waals surface area contributed by atoms with Crippen LogP contribution in [0.3, 0.4) is 0 Å². The van der Waals surface area contributed by atoms with E-state index in [-0.39, 0.29) is 23.3 Å². The van der Waals surface area contributed by atoms with Gasteiger partial charge in [0.2, 0.25) is 15.9 Å². The van der Waals surface area contributed by atoms with Crippen molar-refractivity contribution in [3.63, 3.8) is 0 Å². The lowest BCUT2D eigenvalue weighted by molar-refractivity contribution is -0.115. The number of sulfonamides is 1. The molecule has 2 N–H and O–H groups in total. The lowest BCUT2D eigenvalue weighted by Gasteiger charge is -2.22. The number of benzene rings is 2. The summed E-state index contributed by atoms with van der Waals surface area (Å²) < 4.78 is 27.7. The number of carbonyl (C=O) groups excluding carboxylic acids is 1. The molecule has 0 spiro atoms. The van der Waals surface area contributed by atoms with Crippen LogP contribution in [0.2, 0.25) is 0 Å². The third-order valence-electron chi connectivity index (χ3n) is 4.58. The quantitative estimate of drug-likeness (QED) is 0.815. The molecule has 5 nitrogen and oxygen atoms in total. The Balaban J connectivity index is 1.59. The molecule has 1 aliphatic rings. The second kappa shape index (κ2) is 8.47. The van der Waals surface area contributed by atoms with E-state index in [0.717, 1.165) is 31.2 Å². The van der Waals surface area contributed by atoms with Gasteiger partial charge in [-0.2, -0.15) is 0 Å². The normalized spacial score (nSPS) is 15.5. The van der Waals surface area contributed by atoms with Gasteiger partial charge in [-0.25, -0.2) is 13.1 Å². The Bertz CT molecular complexity index is 827. The van der Waals surface area contributed by atoms with Crippen molar-refractivity contribution in [3.05, 3.63) is 60.2 Å². The molecule has 0 bridgehead atoms. The van der Waals surface area contributed by atoms with Crippen LogP contribution in [0.15, 0.2) is 59.5 Å². The zero-order chi connectivity index (χ0) is 18.4. The molecule has 2 aromatic carbocycles. The highest BCUT2D eigenvalue weighted by atomic mass is 32.2. The lowest BCUT2D eigenvalue weighted by Crippen LogP contribution is -2.36. The monoisotopic (exact) mass is 372 g/mol. The zero-order valence-corrected chi connectivity index (χ0v) is 15.5. The highest BCUT2D eigenvalue weighted by molar-refractivity contribution is 7.89. The molecule has 6 heteroatoms. The SMILES string of the molecule is O=C(Cc1ccccc1)Nc1ccc(S(=O)(=O)NC2CCCCC2)cc1. The topological polar surface area (TPSA) is 75.3 Å². The van der Waals surface area contributed by atoms with Crippen LogP contribution in [0.4, 0.5) is 5.69 Å². The molecule has 0 aliphatic heterocycles. The van der Waals surface area contributed by atoms with Crippen molar-refractivity contribution in [2.75, 3.05) is 5.32 Å². The number of nitrogens with one attached hydrogen (secondary N) is 2. The second-order valence-corrected chi connectivity index (χ2v) is 8.41. The Morgan fingerprint density at radius 2 is 1.58 bits per heavy atom. The standard InChI is InChI=1S/C20H24N2O3S/c23-20(15-16-7-3-1-4-8-16)21-17-11-13-19(14-12-17)26(24,25)22-18-9-5-2-6-10-18/h1,3-4,7-8,11-14,18,22H,2,5-6,9-10,15H2,(H,21,23). The van der Waals surface area contributed by atoms with Crippen molar-refractivity contribution in [1.82, 2.24) is 4.72 Å². The molecule has 1 amide bonds. The van der Waals surface area contributed by atoms with Gasteiger partial charge in [-0.3, -0.25) is 4.79 Å². The van der Waals surface area contributed by atoms with E-state index in [1.807, 2.05) is 30.3 Å². The molecular formula is C20H24N2O3S. The fourth-order valence-electron chi connectivity index (χ4n) is 3.21. The predicted octanol–water partition coefficient (Wildman–Crippen LogP) is 3.48. The van der Waals surface area contributed by atoms with Crippen LogP contribution in [0, 0.1) is 0 Å². The van der Waals surface area contributed by atoms with Crippen LogP contribution >= 0.6 is 0 Å². The van der Waals surface area contributed by atoms with Crippen LogP contribution < -0.4 is 10.0 Å². The smallest absolute Gasteiger partial charge is 0.240 e. The minimum atomic E-state index is -3.52. The maximum atomic E-state index is 12.5. The van der Waals surface area contributed by atoms with Crippen LogP contribution in [0.25, 0.3) is 0 Å². The first-order valence-electron chi connectivity index (χ1n) is 8.99. The Labute approximate surface area is 154 Å². The first kappa shape index (κ1) is 18.6. The average Bonchev–Trinajstić information content (AvgIpc) is 2.63. The Hall–Kier alpha value is -2.18. The lowest BCUT2D eigenvalue weighted by atomic mass is 9.96. The van der Waals surface area contributed by atoms with Crippen LogP contribution in [-0.2, 0) is 21.2 Å². The minimum absolute atomic E-state index is 0.0269. The molecule has 0 unspecified atom stereocenters. The van der Waals surface area contributed by atoms with Gasteiger partial charge in [0.05, 0.1) is 11.3 Å². The second-order valence-electron chi connectivity index (χ2n) is 6.69. The summed E-state index contributed by atoms with van der Waals surface area (Å²) in [7, 11) is -3.52. The van der Waals surface area contributed by atoms with E-state index in [9.17, 15) is 13.2 Å². The van der Waals surface area contributed by atoms with E-state index in [4.69, 9.17) is 0 Å². The van der Waals surface area contributed by atoms with Gasteiger partial charge in [-0.05, 0) is 42.7 Å². The number of rotatable bonds is 6. The molecule has 0 heterocycles. The van der Waals surface area contributed by atoms with E-state index in [0.29, 0.717) is 5.69 Å². The maximum Gasteiger partial charge on any atom is 0.240 e. The van der Waals surface area contributed by atoms with Crippen LogP contribution in [0.5, 0.6) is 0 Å². The van der Waals surface area contributed by atoms with Gasteiger partial charge in [0.15, 0.2) is 0 Å². The Morgan fingerprint density at radius 3 is 2.23 bits per heavy atom. The summed E-state index contributed by atoms with van der Waals surface area (Å²) in [6.07, 6.45) is 5.39. The summed E-state index contributed by atoms with van der Waals surface area (Å²) in [4.78, 5) is 12.3. The Morgan fingerprint density at radius 1 is 0.923 bits per heavy atom. The van der Waals surface area contributed by atoms with Crippen molar-refractivity contribution in [2.45, 2.75) is 49.5 Å². The first-order valence-corrected chi connectivity index (χ1v) is 10.5. The Kier molecular flexibility index (Phi) is 6.06. The van der Waals surface area contributed by atoms with Gasteiger partial charge >= 0.3 is 0 Å². The van der Waals surface area contributed by atoms with Crippen LogP contribution in [-0.4, -0.2) is 20.4 Å². The van der Waals surface area contributed by atoms with Crippen molar-refractivity contribution in [3.8, 4) is 0 Å². The molecule has 0 radical (unpaired) electrons. The highest BCUT2D eigenvalue weighted by Gasteiger charge is 2.21. The summed E-state index contributed by atoms with van der Waals surface area (Å²) >= 11 is 0. The molecule has 1 fully saturated rings. The van der Waals surface area contributed by atoms with Gasteiger partial charge in [-0.15, -0.1) is 0 Å². The third-order valence-corrected chi connectivity index (χ3v) is 6.12. The fraction of sp³-hybridized carbons (Fsp3) is 0.350. The average molecular weight is 372 g/mol. The molecule has 1 saturated carbocycles. The van der Waals surface area contributed by atoms with E-state index in [2.05, 4.69) is 10.0 Å². The summed E-state index contributed by atoms with van der Waals surface area (Å²) in [5.74, 6) is -0.132. The molecule has 0 saturated heterocycles. The fourth-order valence-corrected chi connectivity index (χ4v) is 4.52. The largest absolute Gasteiger partial charge is 0.326 e. The maximum absolute atomic E-state index is 12.5. The number of carbonyl (C=O) groups is 1. The molecule has 0 aromatic heterocycles. The number of hydrogen-bond donors (Lipinski definition) is 2. The van der Waals surface area contributed by atoms with Gasteiger partial charge in [0.1, 0.15) is 0 Å². The van der Waals surface area contributed by atoms with Crippen molar-refractivity contribution in [2.24, 2.45) is 0 Å². The van der Waals surface area contributed by atoms with Crippen molar-refractivity contribution >= 4 is 21.6 Å². The van der Waals surface area contributed by atoms with Crippen molar-refractivity contribution in [1.29, 1.82) is 0 Å². The van der Waals surface area contributed by atoms with Gasteiger partial charge in [-0.1, -0.05) is 49.6 Å². The molecule has 138 valence electrons. The van der Waals surface area contributed by atoms with E-state index >= 15 is 0 Å². The first-order chi connectivity index (χ1) is 12.5. The summed E-state index contributed by atoms with van der Waals surface area (Å²) in [6, 6.07) is 15.8. The number of amides is 1. The van der Waals surface area contributed by atoms with Crippen molar-refractivity contribution < 1.29 is 13.2 Å². The predicted molar refractivity (Wildman–Crippen MR) is 102 cm³/mol. The van der Waals surface area contributed by atoms with Gasteiger partial charge < -0.3 is 5.32 Å². The molecule has 0 atom stereocenters. The molecule has 3 rings (SSSR count). The number of hydrogen-bond acceptors (Lipinski definition) is 3. The van der Waals surface area contributed by atoms with E-state index < -0.39 is 10.0 Å². The van der Waals surface area contributed by atoms with Gasteiger partial charge in [0.25, 0.3) is 0 Å². The molecule has 26 heavy (non-hydrogen) atoms. The third kappa shape index (κ3) is 5.16. The highest BCUT2D eigenvalue weighted by Crippen LogP contribution is 2.21. The molecule has 1 aliphatic carbocycles. The molecule has 2 aromatic rings. The molecular weight excluding hydrogens is 348 g/mol. The summed E-state index contributed by atoms with van der Waals surface area (Å²) in [5.41, 5.74) is 1.52. The van der Waals surface area contributed by atoms with Crippen LogP contribution in [0.1, 0.15) is 37.7 Å².